The Bertz CT molecular complexity index is 429. The zero-order valence-electron chi connectivity index (χ0n) is 10.8. The third-order valence-corrected chi connectivity index (χ3v) is 4.46. The molecular weight excluding hydrogens is 222 g/mol. The molecule has 2 aliphatic rings. The van der Waals surface area contributed by atoms with Crippen LogP contribution in [0.4, 0.5) is 0 Å². The molecule has 2 heteroatoms. The molecule has 1 aromatic carbocycles. The van der Waals surface area contributed by atoms with Crippen molar-refractivity contribution >= 4 is 5.78 Å². The van der Waals surface area contributed by atoms with Crippen LogP contribution in [0.1, 0.15) is 60.4 Å². The highest BCUT2D eigenvalue weighted by Gasteiger charge is 2.30. The summed E-state index contributed by atoms with van der Waals surface area (Å²) in [5.41, 5.74) is 8.23. The van der Waals surface area contributed by atoms with Crippen molar-refractivity contribution in [3.05, 3.63) is 35.4 Å². The minimum atomic E-state index is 0.0730. The number of carbonyl (C=O) groups excluding carboxylic acids is 1. The Balaban J connectivity index is 1.62. The lowest BCUT2D eigenvalue weighted by atomic mass is 9.80. The molecule has 1 aromatic rings. The summed E-state index contributed by atoms with van der Waals surface area (Å²) in [7, 11) is 0. The number of ketones is 1. The van der Waals surface area contributed by atoms with Crippen LogP contribution in [-0.2, 0) is 0 Å². The lowest BCUT2D eigenvalue weighted by Gasteiger charge is -2.25. The number of carbonyl (C=O) groups is 1. The van der Waals surface area contributed by atoms with Gasteiger partial charge >= 0.3 is 0 Å². The Kier molecular flexibility index (Phi) is 3.21. The molecule has 0 aromatic heterocycles. The standard InChI is InChI=1S/C16H21NO/c17-15(13-6-7-13)10-16(18)14-8-4-12(5-9-14)11-2-1-3-11/h4-5,8-9,11,13,15H,1-3,6-7,10,17H2. The number of hydrogen-bond acceptors (Lipinski definition) is 2. The number of nitrogens with two attached hydrogens (primary N) is 1. The molecule has 0 heterocycles. The fourth-order valence-corrected chi connectivity index (χ4v) is 2.71. The van der Waals surface area contributed by atoms with E-state index in [1.165, 1.54) is 37.7 Å². The minimum absolute atomic E-state index is 0.0730. The molecular formula is C16H21NO. The molecule has 2 N–H and O–H groups in total. The van der Waals surface area contributed by atoms with E-state index in [9.17, 15) is 4.79 Å². The van der Waals surface area contributed by atoms with E-state index in [1.807, 2.05) is 12.1 Å². The van der Waals surface area contributed by atoms with Crippen molar-refractivity contribution in [1.29, 1.82) is 0 Å². The molecule has 96 valence electrons. The zero-order chi connectivity index (χ0) is 12.5. The molecule has 0 amide bonds. The summed E-state index contributed by atoms with van der Waals surface area (Å²) >= 11 is 0. The van der Waals surface area contributed by atoms with E-state index in [0.29, 0.717) is 12.3 Å². The lowest BCUT2D eigenvalue weighted by molar-refractivity contribution is 0.0971. The number of Topliss-reactive ketones (excluding diaryl/α,β-unsaturated/α-hetero) is 1. The molecule has 1 atom stereocenters. The summed E-state index contributed by atoms with van der Waals surface area (Å²) < 4.78 is 0. The van der Waals surface area contributed by atoms with E-state index in [0.717, 1.165) is 11.5 Å². The molecule has 3 rings (SSSR count). The fraction of sp³-hybridized carbons (Fsp3) is 0.562. The van der Waals surface area contributed by atoms with Gasteiger partial charge in [0.25, 0.3) is 0 Å². The van der Waals surface area contributed by atoms with Gasteiger partial charge in [-0.15, -0.1) is 0 Å². The highest BCUT2D eigenvalue weighted by molar-refractivity contribution is 5.96. The van der Waals surface area contributed by atoms with Crippen molar-refractivity contribution < 1.29 is 4.79 Å². The Morgan fingerprint density at radius 3 is 2.33 bits per heavy atom. The Hall–Kier alpha value is -1.15. The number of rotatable bonds is 5. The van der Waals surface area contributed by atoms with Crippen LogP contribution in [0.2, 0.25) is 0 Å². The summed E-state index contributed by atoms with van der Waals surface area (Å²) in [5, 5.41) is 0. The SMILES string of the molecule is NC(CC(=O)c1ccc(C2CCC2)cc1)C1CC1. The van der Waals surface area contributed by atoms with E-state index >= 15 is 0 Å². The van der Waals surface area contributed by atoms with Gasteiger partial charge in [0.1, 0.15) is 0 Å². The first-order valence-electron chi connectivity index (χ1n) is 7.13. The maximum atomic E-state index is 12.1. The molecule has 0 aliphatic heterocycles. The highest BCUT2D eigenvalue weighted by atomic mass is 16.1. The topological polar surface area (TPSA) is 43.1 Å². The summed E-state index contributed by atoms with van der Waals surface area (Å²) in [4.78, 5) is 12.1. The maximum absolute atomic E-state index is 12.1. The molecule has 2 fully saturated rings. The van der Waals surface area contributed by atoms with Gasteiger partial charge in [-0.1, -0.05) is 30.7 Å². The fourth-order valence-electron chi connectivity index (χ4n) is 2.71. The summed E-state index contributed by atoms with van der Waals surface area (Å²) in [6, 6.07) is 8.29. The van der Waals surface area contributed by atoms with Crippen molar-refractivity contribution in [2.75, 3.05) is 0 Å². The van der Waals surface area contributed by atoms with Crippen molar-refractivity contribution in [1.82, 2.24) is 0 Å². The molecule has 0 radical (unpaired) electrons. The van der Waals surface area contributed by atoms with Gasteiger partial charge in [-0.05, 0) is 43.1 Å². The van der Waals surface area contributed by atoms with Crippen molar-refractivity contribution in [2.24, 2.45) is 11.7 Å². The quantitative estimate of drug-likeness (QED) is 0.807. The molecule has 0 bridgehead atoms. The monoisotopic (exact) mass is 243 g/mol. The highest BCUT2D eigenvalue weighted by Crippen LogP contribution is 2.36. The molecule has 2 saturated carbocycles. The smallest absolute Gasteiger partial charge is 0.164 e. The van der Waals surface area contributed by atoms with Gasteiger partial charge in [-0.3, -0.25) is 4.79 Å². The van der Waals surface area contributed by atoms with Gasteiger partial charge < -0.3 is 5.73 Å². The lowest BCUT2D eigenvalue weighted by Crippen LogP contribution is -2.25. The molecule has 0 saturated heterocycles. The van der Waals surface area contributed by atoms with Gasteiger partial charge in [0.15, 0.2) is 5.78 Å². The van der Waals surface area contributed by atoms with Crippen LogP contribution >= 0.6 is 0 Å². The van der Waals surface area contributed by atoms with E-state index in [1.54, 1.807) is 0 Å². The Labute approximate surface area is 109 Å². The molecule has 0 spiro atoms. The van der Waals surface area contributed by atoms with E-state index < -0.39 is 0 Å². The van der Waals surface area contributed by atoms with Gasteiger partial charge in [0, 0.05) is 18.0 Å². The predicted octanol–water partition coefficient (Wildman–Crippen LogP) is 3.26. The van der Waals surface area contributed by atoms with Crippen LogP contribution in [-0.4, -0.2) is 11.8 Å². The molecule has 2 nitrogen and oxygen atoms in total. The number of hydrogen-bond donors (Lipinski definition) is 1. The largest absolute Gasteiger partial charge is 0.327 e. The van der Waals surface area contributed by atoms with Crippen LogP contribution in [0.25, 0.3) is 0 Å². The first kappa shape index (κ1) is 11.9. The summed E-state index contributed by atoms with van der Waals surface area (Å²) in [6.45, 7) is 0. The third kappa shape index (κ3) is 2.49. The second-order valence-corrected chi connectivity index (χ2v) is 5.88. The van der Waals surface area contributed by atoms with Crippen LogP contribution in [0, 0.1) is 5.92 Å². The summed E-state index contributed by atoms with van der Waals surface area (Å²) in [6.07, 6.45) is 6.87. The average molecular weight is 243 g/mol. The Morgan fingerprint density at radius 2 is 1.83 bits per heavy atom. The summed E-state index contributed by atoms with van der Waals surface area (Å²) in [5.74, 6) is 1.54. The molecule has 18 heavy (non-hydrogen) atoms. The van der Waals surface area contributed by atoms with Crippen molar-refractivity contribution in [3.63, 3.8) is 0 Å². The second kappa shape index (κ2) is 4.85. The van der Waals surface area contributed by atoms with Crippen molar-refractivity contribution in [3.8, 4) is 0 Å². The molecule has 1 unspecified atom stereocenters. The Morgan fingerprint density at radius 1 is 1.17 bits per heavy atom. The van der Waals surface area contributed by atoms with E-state index in [-0.39, 0.29) is 11.8 Å². The average Bonchev–Trinajstić information content (AvgIpc) is 3.11. The van der Waals surface area contributed by atoms with Gasteiger partial charge in [0.2, 0.25) is 0 Å². The van der Waals surface area contributed by atoms with Crippen molar-refractivity contribution in [2.45, 2.75) is 50.5 Å². The van der Waals surface area contributed by atoms with Crippen LogP contribution in [0.5, 0.6) is 0 Å². The third-order valence-electron chi connectivity index (χ3n) is 4.46. The van der Waals surface area contributed by atoms with Crippen LogP contribution in [0.15, 0.2) is 24.3 Å². The molecule has 2 aliphatic carbocycles. The van der Waals surface area contributed by atoms with Gasteiger partial charge in [-0.2, -0.15) is 0 Å². The predicted molar refractivity (Wildman–Crippen MR) is 72.7 cm³/mol. The van der Waals surface area contributed by atoms with Gasteiger partial charge in [-0.25, -0.2) is 0 Å². The van der Waals surface area contributed by atoms with Crippen LogP contribution < -0.4 is 5.73 Å². The second-order valence-electron chi connectivity index (χ2n) is 5.88. The normalized spacial score (nSPS) is 21.4. The van der Waals surface area contributed by atoms with E-state index in [2.05, 4.69) is 12.1 Å². The maximum Gasteiger partial charge on any atom is 0.164 e. The first-order chi connectivity index (χ1) is 8.74. The van der Waals surface area contributed by atoms with E-state index in [4.69, 9.17) is 5.73 Å². The first-order valence-corrected chi connectivity index (χ1v) is 7.13. The number of benzene rings is 1. The minimum Gasteiger partial charge on any atom is -0.327 e. The zero-order valence-corrected chi connectivity index (χ0v) is 10.8. The van der Waals surface area contributed by atoms with Gasteiger partial charge in [0.05, 0.1) is 0 Å². The van der Waals surface area contributed by atoms with Crippen LogP contribution in [0.3, 0.4) is 0 Å².